The monoisotopic (exact) mass is 390 g/mol. The average Bonchev–Trinajstić information content (AvgIpc) is 3.10. The number of aromatic nitrogens is 1. The molecule has 3 rings (SSSR count). The van der Waals surface area contributed by atoms with Crippen molar-refractivity contribution < 1.29 is 14.1 Å². The molecule has 27 heavy (non-hydrogen) atoms. The van der Waals surface area contributed by atoms with Gasteiger partial charge in [-0.2, -0.15) is 0 Å². The molecule has 2 amide bonds. The van der Waals surface area contributed by atoms with Gasteiger partial charge in [-0.05, 0) is 24.1 Å². The van der Waals surface area contributed by atoms with Gasteiger partial charge < -0.3 is 9.42 Å². The molecule has 0 aliphatic carbocycles. The molecule has 1 fully saturated rings. The Hall–Kier alpha value is -2.38. The molecule has 1 N–H and O–H groups in total. The van der Waals surface area contributed by atoms with Gasteiger partial charge in [0.1, 0.15) is 0 Å². The number of nitrogens with zero attached hydrogens (tertiary/aromatic N) is 3. The van der Waals surface area contributed by atoms with Crippen LogP contribution in [0.5, 0.6) is 0 Å². The standard InChI is InChI=1S/C19H23ClN4O3/c1-13(2)16-11-18(27-22-16)21-17(25)12-23-6-8-24(9-7-23)19(26)14-4-3-5-15(20)10-14/h3-5,10-11,13H,6-9,12H2,1-2H3,(H,21,25). The van der Waals surface area contributed by atoms with Crippen molar-refractivity contribution in [3.05, 3.63) is 46.6 Å². The first-order valence-electron chi connectivity index (χ1n) is 8.96. The highest BCUT2D eigenvalue weighted by atomic mass is 35.5. The molecule has 0 unspecified atom stereocenters. The van der Waals surface area contributed by atoms with Crippen LogP contribution in [-0.2, 0) is 4.79 Å². The van der Waals surface area contributed by atoms with E-state index in [9.17, 15) is 9.59 Å². The topological polar surface area (TPSA) is 78.7 Å². The summed E-state index contributed by atoms with van der Waals surface area (Å²) in [5.74, 6) is 0.406. The van der Waals surface area contributed by atoms with Gasteiger partial charge >= 0.3 is 0 Å². The summed E-state index contributed by atoms with van der Waals surface area (Å²) in [6.07, 6.45) is 0. The van der Waals surface area contributed by atoms with Gasteiger partial charge in [0.05, 0.1) is 12.2 Å². The van der Waals surface area contributed by atoms with Gasteiger partial charge in [0, 0.05) is 42.8 Å². The molecule has 0 spiro atoms. The van der Waals surface area contributed by atoms with Crippen molar-refractivity contribution in [3.8, 4) is 0 Å². The Labute approximate surface area is 163 Å². The SMILES string of the molecule is CC(C)c1cc(NC(=O)CN2CCN(C(=O)c3cccc(Cl)c3)CC2)on1. The second-order valence-electron chi connectivity index (χ2n) is 6.90. The Kier molecular flexibility index (Phi) is 6.13. The van der Waals surface area contributed by atoms with Crippen LogP contribution in [0.15, 0.2) is 34.9 Å². The highest BCUT2D eigenvalue weighted by Gasteiger charge is 2.23. The molecule has 2 aromatic rings. The Balaban J connectivity index is 1.47. The molecule has 0 bridgehead atoms. The van der Waals surface area contributed by atoms with Gasteiger partial charge in [-0.15, -0.1) is 0 Å². The lowest BCUT2D eigenvalue weighted by atomic mass is 10.1. The Bertz CT molecular complexity index is 813. The number of hydrogen-bond acceptors (Lipinski definition) is 5. The normalized spacial score (nSPS) is 15.2. The van der Waals surface area contributed by atoms with Crippen LogP contribution < -0.4 is 5.32 Å². The fourth-order valence-electron chi connectivity index (χ4n) is 2.91. The molecular formula is C19H23ClN4O3. The zero-order valence-electron chi connectivity index (χ0n) is 15.4. The van der Waals surface area contributed by atoms with Crippen molar-refractivity contribution >= 4 is 29.3 Å². The Morgan fingerprint density at radius 1 is 1.22 bits per heavy atom. The number of amides is 2. The van der Waals surface area contributed by atoms with Crippen molar-refractivity contribution in [1.29, 1.82) is 0 Å². The lowest BCUT2D eigenvalue weighted by Crippen LogP contribution is -2.50. The van der Waals surface area contributed by atoms with Crippen LogP contribution in [0.3, 0.4) is 0 Å². The third kappa shape index (κ3) is 5.08. The maximum atomic E-state index is 12.5. The number of carbonyl (C=O) groups is 2. The van der Waals surface area contributed by atoms with E-state index < -0.39 is 0 Å². The van der Waals surface area contributed by atoms with Crippen LogP contribution in [0, 0.1) is 0 Å². The average molecular weight is 391 g/mol. The minimum Gasteiger partial charge on any atom is -0.338 e. The molecule has 8 heteroatoms. The van der Waals surface area contributed by atoms with Crippen LogP contribution in [0.2, 0.25) is 5.02 Å². The van der Waals surface area contributed by atoms with Gasteiger partial charge in [0.2, 0.25) is 11.8 Å². The quantitative estimate of drug-likeness (QED) is 0.849. The molecule has 1 aromatic carbocycles. The minimum atomic E-state index is -0.156. The highest BCUT2D eigenvalue weighted by molar-refractivity contribution is 6.30. The maximum absolute atomic E-state index is 12.5. The van der Waals surface area contributed by atoms with Crippen LogP contribution in [0.1, 0.15) is 35.8 Å². The maximum Gasteiger partial charge on any atom is 0.253 e. The summed E-state index contributed by atoms with van der Waals surface area (Å²) >= 11 is 5.96. The van der Waals surface area contributed by atoms with Gasteiger partial charge in [-0.3, -0.25) is 19.8 Å². The van der Waals surface area contributed by atoms with E-state index in [1.165, 1.54) is 0 Å². The van der Waals surface area contributed by atoms with Gasteiger partial charge in [0.15, 0.2) is 0 Å². The number of piperazine rings is 1. The van der Waals surface area contributed by atoms with Crippen LogP contribution in [-0.4, -0.2) is 59.5 Å². The summed E-state index contributed by atoms with van der Waals surface area (Å²) in [6.45, 7) is 6.66. The van der Waals surface area contributed by atoms with E-state index in [2.05, 4.69) is 10.5 Å². The molecule has 7 nitrogen and oxygen atoms in total. The summed E-state index contributed by atoms with van der Waals surface area (Å²) in [4.78, 5) is 28.5. The molecule has 0 saturated carbocycles. The first-order valence-corrected chi connectivity index (χ1v) is 9.34. The number of benzene rings is 1. The van der Waals surface area contributed by atoms with Crippen molar-refractivity contribution in [2.75, 3.05) is 38.0 Å². The van der Waals surface area contributed by atoms with E-state index in [0.29, 0.717) is 42.6 Å². The fraction of sp³-hybridized carbons (Fsp3) is 0.421. The first kappa shape index (κ1) is 19.4. The predicted octanol–water partition coefficient (Wildman–Crippen LogP) is 2.85. The summed E-state index contributed by atoms with van der Waals surface area (Å²) in [5, 5.41) is 7.19. The lowest BCUT2D eigenvalue weighted by molar-refractivity contribution is -0.117. The Morgan fingerprint density at radius 2 is 1.96 bits per heavy atom. The number of carbonyl (C=O) groups excluding carboxylic acids is 2. The molecule has 0 radical (unpaired) electrons. The van der Waals surface area contributed by atoms with E-state index in [0.717, 1.165) is 5.69 Å². The van der Waals surface area contributed by atoms with Crippen LogP contribution in [0.4, 0.5) is 5.88 Å². The molecule has 0 atom stereocenters. The predicted molar refractivity (Wildman–Crippen MR) is 103 cm³/mol. The first-order chi connectivity index (χ1) is 12.9. The zero-order chi connectivity index (χ0) is 19.4. The summed E-state index contributed by atoms with van der Waals surface area (Å²) in [6, 6.07) is 8.69. The molecule has 1 aromatic heterocycles. The molecular weight excluding hydrogens is 368 g/mol. The third-order valence-electron chi connectivity index (χ3n) is 4.48. The molecule has 2 heterocycles. The number of anilines is 1. The number of hydrogen-bond donors (Lipinski definition) is 1. The van der Waals surface area contributed by atoms with Crippen molar-refractivity contribution in [3.63, 3.8) is 0 Å². The van der Waals surface area contributed by atoms with Crippen LogP contribution >= 0.6 is 11.6 Å². The van der Waals surface area contributed by atoms with E-state index in [-0.39, 0.29) is 24.3 Å². The Morgan fingerprint density at radius 3 is 2.59 bits per heavy atom. The van der Waals surface area contributed by atoms with Gasteiger partial charge in [-0.25, -0.2) is 0 Å². The number of halogens is 1. The van der Waals surface area contributed by atoms with Gasteiger partial charge in [0.25, 0.3) is 5.91 Å². The lowest BCUT2D eigenvalue weighted by Gasteiger charge is -2.34. The molecule has 1 saturated heterocycles. The van der Waals surface area contributed by atoms with Gasteiger partial charge in [-0.1, -0.05) is 36.7 Å². The number of rotatable bonds is 5. The van der Waals surface area contributed by atoms with Crippen molar-refractivity contribution in [2.45, 2.75) is 19.8 Å². The fourth-order valence-corrected chi connectivity index (χ4v) is 3.10. The van der Waals surface area contributed by atoms with E-state index in [1.54, 1.807) is 35.2 Å². The molecule has 1 aliphatic heterocycles. The van der Waals surface area contributed by atoms with Crippen molar-refractivity contribution in [1.82, 2.24) is 15.0 Å². The second-order valence-corrected chi connectivity index (χ2v) is 7.33. The summed E-state index contributed by atoms with van der Waals surface area (Å²) < 4.78 is 5.13. The van der Waals surface area contributed by atoms with Crippen LogP contribution in [0.25, 0.3) is 0 Å². The van der Waals surface area contributed by atoms with E-state index in [4.69, 9.17) is 16.1 Å². The smallest absolute Gasteiger partial charge is 0.253 e. The minimum absolute atomic E-state index is 0.0375. The molecule has 1 aliphatic rings. The second kappa shape index (κ2) is 8.54. The van der Waals surface area contributed by atoms with E-state index >= 15 is 0 Å². The van der Waals surface area contributed by atoms with E-state index in [1.807, 2.05) is 18.7 Å². The molecule has 144 valence electrons. The zero-order valence-corrected chi connectivity index (χ0v) is 16.2. The summed E-state index contributed by atoms with van der Waals surface area (Å²) in [7, 11) is 0. The number of nitrogens with one attached hydrogen (secondary N) is 1. The third-order valence-corrected chi connectivity index (χ3v) is 4.72. The highest BCUT2D eigenvalue weighted by Crippen LogP contribution is 2.18. The van der Waals surface area contributed by atoms with Crippen molar-refractivity contribution in [2.24, 2.45) is 0 Å². The summed E-state index contributed by atoms with van der Waals surface area (Å²) in [5.41, 5.74) is 1.39. The largest absolute Gasteiger partial charge is 0.338 e.